The number of amides is 2. The smallest absolute Gasteiger partial charge is 0.313 e. The summed E-state index contributed by atoms with van der Waals surface area (Å²) < 4.78 is 5.17. The van der Waals surface area contributed by atoms with Crippen LogP contribution in [0.3, 0.4) is 0 Å². The topological polar surface area (TPSA) is 67.4 Å². The molecule has 2 aromatic carbocycles. The van der Waals surface area contributed by atoms with Crippen molar-refractivity contribution in [2.24, 2.45) is 0 Å². The van der Waals surface area contributed by atoms with E-state index < -0.39 is 11.8 Å². The van der Waals surface area contributed by atoms with E-state index in [2.05, 4.69) is 10.6 Å². The first kappa shape index (κ1) is 17.8. The van der Waals surface area contributed by atoms with Gasteiger partial charge in [-0.1, -0.05) is 29.8 Å². The van der Waals surface area contributed by atoms with Crippen LogP contribution in [0.4, 0.5) is 5.69 Å². The van der Waals surface area contributed by atoms with Gasteiger partial charge in [0.05, 0.1) is 7.11 Å². The van der Waals surface area contributed by atoms with Crippen LogP contribution < -0.4 is 15.4 Å². The molecule has 126 valence electrons. The van der Waals surface area contributed by atoms with Crippen molar-refractivity contribution in [1.82, 2.24) is 5.32 Å². The normalized spacial score (nSPS) is 11.5. The molecule has 0 aliphatic carbocycles. The van der Waals surface area contributed by atoms with Crippen molar-refractivity contribution in [3.63, 3.8) is 0 Å². The molecule has 0 unspecified atom stereocenters. The van der Waals surface area contributed by atoms with Gasteiger partial charge in [-0.2, -0.15) is 0 Å². The summed E-state index contributed by atoms with van der Waals surface area (Å²) in [5.74, 6) is -0.662. The molecule has 0 bridgehead atoms. The molecule has 0 aromatic heterocycles. The molecule has 1 atom stereocenters. The van der Waals surface area contributed by atoms with Crippen LogP contribution in [0, 0.1) is 0 Å². The maximum absolute atomic E-state index is 12.0. The lowest BCUT2D eigenvalue weighted by Gasteiger charge is -2.14. The van der Waals surface area contributed by atoms with Crippen LogP contribution in [0.1, 0.15) is 12.5 Å². The Kier molecular flexibility index (Phi) is 6.21. The minimum absolute atomic E-state index is 0.199. The molecule has 2 aromatic rings. The number of methoxy groups -OCH3 is 1. The van der Waals surface area contributed by atoms with Crippen molar-refractivity contribution in [2.75, 3.05) is 12.4 Å². The zero-order valence-electron chi connectivity index (χ0n) is 13.5. The van der Waals surface area contributed by atoms with E-state index in [1.165, 1.54) is 0 Å². The maximum atomic E-state index is 12.0. The summed E-state index contributed by atoms with van der Waals surface area (Å²) in [5.41, 5.74) is 1.49. The molecular weight excluding hydrogens is 328 g/mol. The van der Waals surface area contributed by atoms with Crippen LogP contribution in [0.25, 0.3) is 0 Å². The van der Waals surface area contributed by atoms with Gasteiger partial charge in [0.15, 0.2) is 0 Å². The highest BCUT2D eigenvalue weighted by Crippen LogP contribution is 2.15. The van der Waals surface area contributed by atoms with Crippen LogP contribution in [0.15, 0.2) is 48.5 Å². The van der Waals surface area contributed by atoms with E-state index in [-0.39, 0.29) is 6.04 Å². The molecule has 0 saturated carbocycles. The van der Waals surface area contributed by atoms with Crippen LogP contribution in [-0.2, 0) is 16.0 Å². The van der Waals surface area contributed by atoms with Gasteiger partial charge in [-0.15, -0.1) is 0 Å². The van der Waals surface area contributed by atoms with Crippen LogP contribution in [-0.4, -0.2) is 25.0 Å². The van der Waals surface area contributed by atoms with Crippen molar-refractivity contribution in [3.05, 3.63) is 59.1 Å². The number of carbonyl (C=O) groups excluding carboxylic acids is 2. The largest absolute Gasteiger partial charge is 0.497 e. The lowest BCUT2D eigenvalue weighted by atomic mass is 10.1. The average molecular weight is 347 g/mol. The molecule has 0 aliphatic heterocycles. The molecule has 24 heavy (non-hydrogen) atoms. The fourth-order valence-corrected chi connectivity index (χ4v) is 2.44. The van der Waals surface area contributed by atoms with Crippen molar-refractivity contribution < 1.29 is 14.3 Å². The summed E-state index contributed by atoms with van der Waals surface area (Å²) in [7, 11) is 1.60. The van der Waals surface area contributed by atoms with E-state index in [0.717, 1.165) is 11.3 Å². The Labute approximate surface area is 146 Å². The first-order valence-corrected chi connectivity index (χ1v) is 7.86. The molecule has 2 N–H and O–H groups in total. The Morgan fingerprint density at radius 3 is 2.58 bits per heavy atom. The summed E-state index contributed by atoms with van der Waals surface area (Å²) in [5, 5.41) is 5.68. The first-order chi connectivity index (χ1) is 11.5. The molecule has 0 aliphatic rings. The quantitative estimate of drug-likeness (QED) is 0.818. The monoisotopic (exact) mass is 346 g/mol. The highest BCUT2D eigenvalue weighted by Gasteiger charge is 2.16. The molecule has 5 nitrogen and oxygen atoms in total. The van der Waals surface area contributed by atoms with Gasteiger partial charge in [0.25, 0.3) is 0 Å². The molecule has 0 spiro atoms. The number of anilines is 1. The number of halogens is 1. The second kappa shape index (κ2) is 8.36. The van der Waals surface area contributed by atoms with Crippen LogP contribution in [0.5, 0.6) is 5.75 Å². The highest BCUT2D eigenvalue weighted by molar-refractivity contribution is 6.40. The van der Waals surface area contributed by atoms with Crippen molar-refractivity contribution in [1.29, 1.82) is 0 Å². The maximum Gasteiger partial charge on any atom is 0.313 e. The molecular formula is C18H19ClN2O3. The number of nitrogens with one attached hydrogen (secondary N) is 2. The van der Waals surface area contributed by atoms with Gasteiger partial charge in [-0.25, -0.2) is 0 Å². The number of benzene rings is 2. The summed E-state index contributed by atoms with van der Waals surface area (Å²) in [4.78, 5) is 23.9. The van der Waals surface area contributed by atoms with Gasteiger partial charge < -0.3 is 15.4 Å². The third-order valence-electron chi connectivity index (χ3n) is 3.34. The third-order valence-corrected chi connectivity index (χ3v) is 3.58. The van der Waals surface area contributed by atoms with Gasteiger partial charge >= 0.3 is 11.8 Å². The van der Waals surface area contributed by atoms with E-state index in [0.29, 0.717) is 17.1 Å². The molecule has 0 saturated heterocycles. The van der Waals surface area contributed by atoms with E-state index in [1.54, 1.807) is 31.4 Å². The number of ether oxygens (including phenoxy) is 1. The fourth-order valence-electron chi connectivity index (χ4n) is 2.25. The van der Waals surface area contributed by atoms with Crippen LogP contribution >= 0.6 is 11.6 Å². The molecule has 6 heteroatoms. The Morgan fingerprint density at radius 2 is 1.88 bits per heavy atom. The Balaban J connectivity index is 1.89. The Bertz CT molecular complexity index is 734. The number of hydrogen-bond acceptors (Lipinski definition) is 3. The standard InChI is InChI=1S/C18H19ClN2O3/c1-12(9-13-5-3-8-16(10-13)24-2)20-17(22)18(23)21-15-7-4-6-14(19)11-15/h3-8,10-12H,9H2,1-2H3,(H,20,22)(H,21,23)/t12-/m0/s1. The third kappa shape index (κ3) is 5.28. The SMILES string of the molecule is COc1cccc(C[C@H](C)NC(=O)C(=O)Nc2cccc(Cl)c2)c1. The summed E-state index contributed by atoms with van der Waals surface area (Å²) in [6.45, 7) is 1.84. The van der Waals surface area contributed by atoms with E-state index in [9.17, 15) is 9.59 Å². The van der Waals surface area contributed by atoms with Gasteiger partial charge in [0, 0.05) is 16.8 Å². The Hall–Kier alpha value is -2.53. The minimum Gasteiger partial charge on any atom is -0.497 e. The van der Waals surface area contributed by atoms with E-state index >= 15 is 0 Å². The Morgan fingerprint density at radius 1 is 1.12 bits per heavy atom. The number of hydrogen-bond donors (Lipinski definition) is 2. The molecule has 2 rings (SSSR count). The zero-order valence-corrected chi connectivity index (χ0v) is 14.3. The van der Waals surface area contributed by atoms with Crippen molar-refractivity contribution in [2.45, 2.75) is 19.4 Å². The minimum atomic E-state index is -0.727. The van der Waals surface area contributed by atoms with Gasteiger partial charge in [0.2, 0.25) is 0 Å². The number of rotatable bonds is 5. The van der Waals surface area contributed by atoms with Crippen LogP contribution in [0.2, 0.25) is 5.02 Å². The second-order valence-electron chi connectivity index (χ2n) is 5.39. The van der Waals surface area contributed by atoms with Gasteiger partial charge in [0.1, 0.15) is 5.75 Å². The average Bonchev–Trinajstić information content (AvgIpc) is 2.54. The number of carbonyl (C=O) groups is 2. The molecule has 0 heterocycles. The fraction of sp³-hybridized carbons (Fsp3) is 0.222. The van der Waals surface area contributed by atoms with E-state index in [1.807, 2.05) is 31.2 Å². The molecule has 0 fully saturated rings. The summed E-state index contributed by atoms with van der Waals surface area (Å²) in [6.07, 6.45) is 0.591. The lowest BCUT2D eigenvalue weighted by molar-refractivity contribution is -0.136. The highest BCUT2D eigenvalue weighted by atomic mass is 35.5. The summed E-state index contributed by atoms with van der Waals surface area (Å²) >= 11 is 5.85. The molecule has 0 radical (unpaired) electrons. The van der Waals surface area contributed by atoms with Crippen molar-refractivity contribution in [3.8, 4) is 5.75 Å². The zero-order chi connectivity index (χ0) is 17.5. The van der Waals surface area contributed by atoms with Gasteiger partial charge in [-0.3, -0.25) is 9.59 Å². The predicted molar refractivity (Wildman–Crippen MR) is 94.4 cm³/mol. The lowest BCUT2D eigenvalue weighted by Crippen LogP contribution is -2.41. The van der Waals surface area contributed by atoms with E-state index in [4.69, 9.17) is 16.3 Å². The predicted octanol–water partition coefficient (Wildman–Crippen LogP) is 3.03. The van der Waals surface area contributed by atoms with Crippen molar-refractivity contribution >= 4 is 29.1 Å². The van der Waals surface area contributed by atoms with Gasteiger partial charge in [-0.05, 0) is 49.2 Å². The second-order valence-corrected chi connectivity index (χ2v) is 5.83. The first-order valence-electron chi connectivity index (χ1n) is 7.48. The summed E-state index contributed by atoms with van der Waals surface area (Å²) in [6, 6.07) is 14.0. The molecule has 2 amide bonds.